The van der Waals surface area contributed by atoms with Crippen molar-refractivity contribution in [1.29, 1.82) is 0 Å². The molecule has 1 amide bonds. The van der Waals surface area contributed by atoms with Gasteiger partial charge in [0.1, 0.15) is 0 Å². The second-order valence-electron chi connectivity index (χ2n) is 6.22. The molecule has 0 bridgehead atoms. The van der Waals surface area contributed by atoms with Gasteiger partial charge in [-0.3, -0.25) is 9.59 Å². The topological polar surface area (TPSA) is 78.4 Å². The Bertz CT molecular complexity index is 304. The maximum Gasteiger partial charge on any atom is 0.305 e. The SMILES string of the molecule is CC(C)(C)CC(CC(=O)O)NC(=O)[C@H]1CCCN1. The molecule has 5 heteroatoms. The van der Waals surface area contributed by atoms with Crippen molar-refractivity contribution < 1.29 is 14.7 Å². The van der Waals surface area contributed by atoms with Crippen LogP contribution < -0.4 is 10.6 Å². The Morgan fingerprint density at radius 3 is 2.56 bits per heavy atom. The zero-order valence-corrected chi connectivity index (χ0v) is 11.5. The monoisotopic (exact) mass is 256 g/mol. The van der Waals surface area contributed by atoms with E-state index in [9.17, 15) is 9.59 Å². The predicted molar refractivity (Wildman–Crippen MR) is 69.3 cm³/mol. The van der Waals surface area contributed by atoms with Gasteiger partial charge in [0.25, 0.3) is 0 Å². The van der Waals surface area contributed by atoms with Crippen LogP contribution in [-0.2, 0) is 9.59 Å². The van der Waals surface area contributed by atoms with Crippen molar-refractivity contribution >= 4 is 11.9 Å². The molecule has 5 nitrogen and oxygen atoms in total. The second kappa shape index (κ2) is 6.18. The molecule has 1 heterocycles. The van der Waals surface area contributed by atoms with E-state index in [4.69, 9.17) is 5.11 Å². The molecule has 0 aromatic carbocycles. The van der Waals surface area contributed by atoms with E-state index < -0.39 is 5.97 Å². The Labute approximate surface area is 108 Å². The average Bonchev–Trinajstić information content (AvgIpc) is 2.65. The maximum atomic E-state index is 12.0. The van der Waals surface area contributed by atoms with E-state index in [1.165, 1.54) is 0 Å². The van der Waals surface area contributed by atoms with Crippen molar-refractivity contribution in [2.24, 2.45) is 5.41 Å². The Morgan fingerprint density at radius 1 is 1.44 bits per heavy atom. The summed E-state index contributed by atoms with van der Waals surface area (Å²) in [4.78, 5) is 22.8. The fraction of sp³-hybridized carbons (Fsp3) is 0.846. The molecule has 2 atom stereocenters. The van der Waals surface area contributed by atoms with Gasteiger partial charge < -0.3 is 15.7 Å². The van der Waals surface area contributed by atoms with Gasteiger partial charge in [-0.2, -0.15) is 0 Å². The van der Waals surface area contributed by atoms with Crippen LogP contribution in [0.3, 0.4) is 0 Å². The molecule has 0 radical (unpaired) electrons. The molecule has 1 aliphatic heterocycles. The number of nitrogens with one attached hydrogen (secondary N) is 2. The molecular formula is C13H24N2O3. The van der Waals surface area contributed by atoms with Crippen LogP contribution in [0.25, 0.3) is 0 Å². The molecule has 1 aliphatic rings. The minimum Gasteiger partial charge on any atom is -0.481 e. The second-order valence-corrected chi connectivity index (χ2v) is 6.22. The number of hydrogen-bond acceptors (Lipinski definition) is 3. The molecule has 1 rings (SSSR count). The Morgan fingerprint density at radius 2 is 2.11 bits per heavy atom. The Hall–Kier alpha value is -1.10. The highest BCUT2D eigenvalue weighted by atomic mass is 16.4. The molecule has 1 unspecified atom stereocenters. The van der Waals surface area contributed by atoms with Crippen LogP contribution in [-0.4, -0.2) is 35.6 Å². The third-order valence-electron chi connectivity index (χ3n) is 3.00. The van der Waals surface area contributed by atoms with Crippen LogP contribution in [0.1, 0.15) is 46.5 Å². The number of hydrogen-bond donors (Lipinski definition) is 3. The van der Waals surface area contributed by atoms with Crippen molar-refractivity contribution in [1.82, 2.24) is 10.6 Å². The van der Waals surface area contributed by atoms with E-state index in [2.05, 4.69) is 10.6 Å². The summed E-state index contributed by atoms with van der Waals surface area (Å²) in [7, 11) is 0. The van der Waals surface area contributed by atoms with Crippen LogP contribution in [0, 0.1) is 5.41 Å². The first-order chi connectivity index (χ1) is 8.28. The fourth-order valence-corrected chi connectivity index (χ4v) is 2.33. The van der Waals surface area contributed by atoms with E-state index >= 15 is 0 Å². The zero-order valence-electron chi connectivity index (χ0n) is 11.5. The molecule has 1 saturated heterocycles. The summed E-state index contributed by atoms with van der Waals surface area (Å²) in [6, 6.07) is -0.446. The zero-order chi connectivity index (χ0) is 13.8. The summed E-state index contributed by atoms with van der Waals surface area (Å²) < 4.78 is 0. The van der Waals surface area contributed by atoms with Crippen LogP contribution in [0.5, 0.6) is 0 Å². The highest BCUT2D eigenvalue weighted by Crippen LogP contribution is 2.22. The number of rotatable bonds is 5. The smallest absolute Gasteiger partial charge is 0.305 e. The van der Waals surface area contributed by atoms with Crippen LogP contribution in [0.2, 0.25) is 0 Å². The summed E-state index contributed by atoms with van der Waals surface area (Å²) in [5.41, 5.74) is -0.00347. The molecule has 0 aliphatic carbocycles. The van der Waals surface area contributed by atoms with Crippen molar-refractivity contribution in [2.75, 3.05) is 6.54 Å². The first-order valence-electron chi connectivity index (χ1n) is 6.53. The fourth-order valence-electron chi connectivity index (χ4n) is 2.33. The Balaban J connectivity index is 2.53. The van der Waals surface area contributed by atoms with Gasteiger partial charge in [-0.05, 0) is 31.2 Å². The van der Waals surface area contributed by atoms with Gasteiger partial charge in [-0.25, -0.2) is 0 Å². The van der Waals surface area contributed by atoms with E-state index in [1.54, 1.807) is 0 Å². The van der Waals surface area contributed by atoms with Gasteiger partial charge in [0.05, 0.1) is 12.5 Å². The van der Waals surface area contributed by atoms with Crippen LogP contribution in [0.4, 0.5) is 0 Å². The highest BCUT2D eigenvalue weighted by Gasteiger charge is 2.27. The van der Waals surface area contributed by atoms with Gasteiger partial charge in [0.15, 0.2) is 0 Å². The molecule has 0 spiro atoms. The lowest BCUT2D eigenvalue weighted by Gasteiger charge is -2.26. The molecule has 0 aromatic heterocycles. The van der Waals surface area contributed by atoms with E-state index in [-0.39, 0.29) is 29.8 Å². The minimum atomic E-state index is -0.871. The van der Waals surface area contributed by atoms with Gasteiger partial charge in [-0.15, -0.1) is 0 Å². The number of carboxylic acids is 1. The van der Waals surface area contributed by atoms with E-state index in [0.29, 0.717) is 6.42 Å². The number of carbonyl (C=O) groups excluding carboxylic acids is 1. The number of carboxylic acid groups (broad SMARTS) is 1. The number of carbonyl (C=O) groups is 2. The molecule has 0 aromatic rings. The van der Waals surface area contributed by atoms with Crippen molar-refractivity contribution in [3.63, 3.8) is 0 Å². The number of aliphatic carboxylic acids is 1. The van der Waals surface area contributed by atoms with Crippen molar-refractivity contribution in [3.8, 4) is 0 Å². The maximum absolute atomic E-state index is 12.0. The standard InChI is InChI=1S/C13H24N2O3/c1-13(2,3)8-9(7-11(16)17)15-12(18)10-5-4-6-14-10/h9-10,14H,4-8H2,1-3H3,(H,15,18)(H,16,17)/t9?,10-/m1/s1. The van der Waals surface area contributed by atoms with Crippen LogP contribution in [0.15, 0.2) is 0 Å². The molecule has 1 fully saturated rings. The summed E-state index contributed by atoms with van der Waals surface area (Å²) in [5.74, 6) is -0.938. The van der Waals surface area contributed by atoms with E-state index in [1.807, 2.05) is 20.8 Å². The molecule has 3 N–H and O–H groups in total. The average molecular weight is 256 g/mol. The third-order valence-corrected chi connectivity index (χ3v) is 3.00. The largest absolute Gasteiger partial charge is 0.481 e. The molecule has 0 saturated carbocycles. The van der Waals surface area contributed by atoms with Crippen molar-refractivity contribution in [3.05, 3.63) is 0 Å². The summed E-state index contributed by atoms with van der Waals surface area (Å²) in [6.45, 7) is 6.99. The van der Waals surface area contributed by atoms with Gasteiger partial charge in [-0.1, -0.05) is 20.8 Å². The van der Waals surface area contributed by atoms with Gasteiger partial charge >= 0.3 is 5.97 Å². The summed E-state index contributed by atoms with van der Waals surface area (Å²) in [5, 5.41) is 14.9. The highest BCUT2D eigenvalue weighted by molar-refractivity contribution is 5.82. The summed E-state index contributed by atoms with van der Waals surface area (Å²) in [6.07, 6.45) is 2.48. The lowest BCUT2D eigenvalue weighted by molar-refractivity contribution is -0.138. The first-order valence-corrected chi connectivity index (χ1v) is 6.53. The third kappa shape index (κ3) is 5.49. The normalized spacial score (nSPS) is 21.6. The molecule has 18 heavy (non-hydrogen) atoms. The number of amides is 1. The predicted octanol–water partition coefficient (Wildman–Crippen LogP) is 1.13. The van der Waals surface area contributed by atoms with Gasteiger partial charge in [0.2, 0.25) is 5.91 Å². The molecule has 104 valence electrons. The lowest BCUT2D eigenvalue weighted by Crippen LogP contribution is -2.47. The summed E-state index contributed by atoms with van der Waals surface area (Å²) >= 11 is 0. The first kappa shape index (κ1) is 15.0. The lowest BCUT2D eigenvalue weighted by atomic mass is 9.87. The molecular weight excluding hydrogens is 232 g/mol. The van der Waals surface area contributed by atoms with E-state index in [0.717, 1.165) is 19.4 Å². The van der Waals surface area contributed by atoms with Crippen molar-refractivity contribution in [2.45, 2.75) is 58.5 Å². The van der Waals surface area contributed by atoms with Gasteiger partial charge in [0, 0.05) is 6.04 Å². The minimum absolute atomic E-state index is 0.00347. The van der Waals surface area contributed by atoms with Crippen LogP contribution >= 0.6 is 0 Å². The quantitative estimate of drug-likeness (QED) is 0.689. The Kier molecular flexibility index (Phi) is 5.14.